The Morgan fingerprint density at radius 3 is 0.971 bits per heavy atom. The quantitative estimate of drug-likeness (QED) is 0.0470. The summed E-state index contributed by atoms with van der Waals surface area (Å²) < 4.78 is 29.4. The summed E-state index contributed by atoms with van der Waals surface area (Å²) in [5.74, 6) is 0.942. The molecule has 0 aliphatic heterocycles. The number of benzene rings is 15. The zero-order valence-corrected chi connectivity index (χ0v) is 79.5. The van der Waals surface area contributed by atoms with Crippen LogP contribution in [0.2, 0.25) is 20.1 Å². The van der Waals surface area contributed by atoms with E-state index in [1.54, 1.807) is 54.9 Å². The number of para-hydroxylation sites is 1. The molecule has 0 amide bonds. The second kappa shape index (κ2) is 44.4. The number of hydrogen-bond donors (Lipinski definition) is 0. The molecule has 682 valence electrons. The molecule has 20 rings (SSSR count). The minimum Gasteiger partial charge on any atom is -0.497 e. The number of Topliss-reactive ketones (excluding diaryl/α,β-unsaturated/α-hetero) is 5. The first-order chi connectivity index (χ1) is 66.5. The standard InChI is InChI=1S/C24H21ClN2O.C24H22N2O2.C23H18ClFN2O.C23H19ClN2O.C22H17ClN2O/c1-16-6-5-9-22(17(16)2)27-15-26-21-14-19(10-12-23(21)27)24(28)13-11-18-7-3-4-8-20(18)25;1-17-5-3-7-20(13-17)26-16-25-22-15-19(10-11-23(22)26)24(27)12-9-18-6-4-8-21(14-18)28-2;1-15-6-9-19(25)22(12-15)27-14-26-20-13-17(7-10-21(20)27)23(28)11-8-16-4-2-3-5-18(16)24;1-16-5-4-7-19(13-16)26-15-25-21-14-18(9-11-22(21)26)23(27)12-10-17-6-2-3-8-20(17)24;23-19-9-5-4-6-16(19)11-13-22(26)17-10-12-21-20(14-17)24-15-25(21)18-7-2-1-3-8-18/h3-10,12,14-15H,11,13H2,1-2H3;3-8,10-11,13-16H,9,12H2,1-2H3;2-7,9-10,12-14H,8,11H2,1H3;2-9,11,13-15H,10,12H2,1H3;1-10,12,14-15H,11,13H2. The zero-order chi connectivity index (χ0) is 95.6. The predicted molar refractivity (Wildman–Crippen MR) is 551 cm³/mol. The molecule has 0 bridgehead atoms. The van der Waals surface area contributed by atoms with Gasteiger partial charge in [0.15, 0.2) is 28.9 Å². The first-order valence-electron chi connectivity index (χ1n) is 45.2. The number of aryl methyl sites for hydroxylation is 9. The second-order valence-electron chi connectivity index (χ2n) is 33.6. The van der Waals surface area contributed by atoms with Gasteiger partial charge in [-0.1, -0.05) is 192 Å². The van der Waals surface area contributed by atoms with Gasteiger partial charge in [0.25, 0.3) is 0 Å². The maximum atomic E-state index is 14.2. The highest BCUT2D eigenvalue weighted by Crippen LogP contribution is 2.32. The van der Waals surface area contributed by atoms with E-state index in [1.807, 2.05) is 276 Å². The van der Waals surface area contributed by atoms with Crippen molar-refractivity contribution in [3.8, 4) is 34.2 Å². The van der Waals surface area contributed by atoms with E-state index in [-0.39, 0.29) is 34.7 Å². The molecule has 137 heavy (non-hydrogen) atoms. The lowest BCUT2D eigenvalue weighted by Gasteiger charge is -2.10. The topological polar surface area (TPSA) is 184 Å². The van der Waals surface area contributed by atoms with E-state index in [1.165, 1.54) is 28.3 Å². The lowest BCUT2D eigenvalue weighted by molar-refractivity contribution is 0.0975. The molecule has 0 saturated carbocycles. The monoisotopic (exact) mass is 1880 g/mol. The normalized spacial score (nSPS) is 11.0. The van der Waals surface area contributed by atoms with E-state index in [9.17, 15) is 28.4 Å². The van der Waals surface area contributed by atoms with Gasteiger partial charge in [-0.2, -0.15) is 0 Å². The molecule has 0 fully saturated rings. The maximum absolute atomic E-state index is 14.2. The SMILES string of the molecule is COc1cccc(CCC(=O)c2ccc3c(c2)ncn3-c2cccc(C)c2)c1.Cc1ccc(F)c(-n2cnc3cc(C(=O)CCc4ccccc4Cl)ccc32)c1.Cc1cccc(-n2cnc3cc(C(=O)CCc4ccccc4Cl)ccc32)c1.Cc1cccc(-n2cnc3cc(C(=O)CCc4ccccc4Cl)ccc32)c1C.O=C(CCc1ccccc1Cl)c1ccc2c(c1)ncn2-c1ccccc1. The molecule has 5 aromatic heterocycles. The van der Waals surface area contributed by atoms with Crippen molar-refractivity contribution in [1.82, 2.24) is 47.8 Å². The van der Waals surface area contributed by atoms with Crippen LogP contribution in [0.25, 0.3) is 83.6 Å². The first kappa shape index (κ1) is 95.1. The van der Waals surface area contributed by atoms with E-state index in [4.69, 9.17) is 51.1 Å². The first-order valence-corrected chi connectivity index (χ1v) is 46.7. The minimum atomic E-state index is -0.315. The highest BCUT2D eigenvalue weighted by molar-refractivity contribution is 6.32. The van der Waals surface area contributed by atoms with Crippen LogP contribution in [0, 0.1) is 40.4 Å². The van der Waals surface area contributed by atoms with Crippen molar-refractivity contribution in [2.24, 2.45) is 0 Å². The molecule has 0 aliphatic carbocycles. The van der Waals surface area contributed by atoms with E-state index in [0.29, 0.717) is 123 Å². The van der Waals surface area contributed by atoms with Crippen LogP contribution in [-0.4, -0.2) is 83.8 Å². The fourth-order valence-electron chi connectivity index (χ4n) is 16.5. The summed E-state index contributed by atoms with van der Waals surface area (Å²) in [7, 11) is 1.65. The van der Waals surface area contributed by atoms with Crippen molar-refractivity contribution < 1.29 is 33.1 Å². The van der Waals surface area contributed by atoms with Gasteiger partial charge in [0.1, 0.15) is 43.2 Å². The molecule has 0 saturated heterocycles. The van der Waals surface area contributed by atoms with Gasteiger partial charge in [-0.25, -0.2) is 29.3 Å². The maximum Gasteiger partial charge on any atom is 0.163 e. The Kier molecular flexibility index (Phi) is 30.8. The number of fused-ring (bicyclic) bond motifs is 5. The Hall–Kier alpha value is -15.1. The summed E-state index contributed by atoms with van der Waals surface area (Å²) in [5, 5.41) is 2.79. The molecule has 0 aliphatic rings. The fourth-order valence-corrected chi connectivity index (χ4v) is 17.4. The highest BCUT2D eigenvalue weighted by atomic mass is 35.5. The summed E-state index contributed by atoms with van der Waals surface area (Å²) in [6.07, 6.45) is 14.1. The number of aromatic nitrogens is 10. The Morgan fingerprint density at radius 2 is 0.599 bits per heavy atom. The van der Waals surface area contributed by atoms with Crippen molar-refractivity contribution in [3.63, 3.8) is 0 Å². The summed E-state index contributed by atoms with van der Waals surface area (Å²) in [6, 6.07) is 104. The molecule has 15 aromatic carbocycles. The predicted octanol–water partition coefficient (Wildman–Crippen LogP) is 28.5. The number of ether oxygens (including phenoxy) is 1. The lowest BCUT2D eigenvalue weighted by Crippen LogP contribution is -2.02. The third-order valence-corrected chi connectivity index (χ3v) is 25.7. The van der Waals surface area contributed by atoms with E-state index < -0.39 is 0 Å². The number of carbonyl (C=O) groups excluding carboxylic acids is 5. The summed E-state index contributed by atoms with van der Waals surface area (Å²) in [5.41, 5.74) is 27.6. The number of methoxy groups -OCH3 is 1. The van der Waals surface area contributed by atoms with Crippen LogP contribution in [0.4, 0.5) is 4.39 Å². The van der Waals surface area contributed by atoms with Gasteiger partial charge in [0.2, 0.25) is 0 Å². The van der Waals surface area contributed by atoms with Crippen LogP contribution in [-0.2, 0) is 32.1 Å². The third kappa shape index (κ3) is 23.3. The molecule has 0 unspecified atom stereocenters. The number of rotatable bonds is 26. The number of hydrogen-bond acceptors (Lipinski definition) is 11. The van der Waals surface area contributed by atoms with Gasteiger partial charge in [-0.05, 0) is 304 Å². The summed E-state index contributed by atoms with van der Waals surface area (Å²) in [4.78, 5) is 85.5. The smallest absolute Gasteiger partial charge is 0.163 e. The van der Waals surface area contributed by atoms with Gasteiger partial charge >= 0.3 is 0 Å². The van der Waals surface area contributed by atoms with Crippen molar-refractivity contribution in [3.05, 3.63) is 469 Å². The molecule has 21 heteroatoms. The summed E-state index contributed by atoms with van der Waals surface area (Å²) in [6.45, 7) is 10.3. The molecule has 0 N–H and O–H groups in total. The molecule has 0 radical (unpaired) electrons. The van der Waals surface area contributed by atoms with Gasteiger partial charge in [-0.15, -0.1) is 0 Å². The largest absolute Gasteiger partial charge is 0.497 e. The van der Waals surface area contributed by atoms with Gasteiger partial charge in [0.05, 0.1) is 73.7 Å². The van der Waals surface area contributed by atoms with Gasteiger partial charge < -0.3 is 4.74 Å². The summed E-state index contributed by atoms with van der Waals surface area (Å²) >= 11 is 24.7. The lowest BCUT2D eigenvalue weighted by atomic mass is 10.0. The number of imidazole rings is 5. The number of carbonyl (C=O) groups is 5. The van der Waals surface area contributed by atoms with Gasteiger partial charge in [-0.3, -0.25) is 46.8 Å². The van der Waals surface area contributed by atoms with Crippen LogP contribution in [0.5, 0.6) is 5.75 Å². The van der Waals surface area contributed by atoms with E-state index in [2.05, 4.69) is 112 Å². The molecular formula is C116H97Cl4FN10O6. The average molecular weight is 1890 g/mol. The minimum absolute atomic E-state index is 0.0260. The Morgan fingerprint density at radius 1 is 0.285 bits per heavy atom. The van der Waals surface area contributed by atoms with Crippen LogP contribution in [0.15, 0.2) is 359 Å². The van der Waals surface area contributed by atoms with Gasteiger partial charge in [0, 0.05) is 97.1 Å². The fraction of sp³-hybridized carbons (Fsp3) is 0.138. The molecule has 5 heterocycles. The molecule has 0 atom stereocenters. The number of nitrogens with zero attached hydrogens (tertiary/aromatic N) is 10. The number of ketones is 5. The van der Waals surface area contributed by atoms with E-state index >= 15 is 0 Å². The second-order valence-corrected chi connectivity index (χ2v) is 35.2. The van der Waals surface area contributed by atoms with Crippen LogP contribution >= 0.6 is 46.4 Å². The molecule has 16 nitrogen and oxygen atoms in total. The van der Waals surface area contributed by atoms with Crippen LogP contribution in [0.3, 0.4) is 0 Å². The number of halogens is 5. The van der Waals surface area contributed by atoms with Crippen LogP contribution < -0.4 is 4.74 Å². The average Bonchev–Trinajstić information content (AvgIpc) is 1.66. The van der Waals surface area contributed by atoms with Crippen molar-refractivity contribution in [2.75, 3.05) is 7.11 Å². The third-order valence-electron chi connectivity index (χ3n) is 24.2. The zero-order valence-electron chi connectivity index (χ0n) is 76.4. The van der Waals surface area contributed by atoms with Crippen molar-refractivity contribution in [2.45, 2.75) is 98.8 Å². The van der Waals surface area contributed by atoms with Crippen molar-refractivity contribution >= 4 is 130 Å². The van der Waals surface area contributed by atoms with E-state index in [0.717, 1.165) is 112 Å². The molecule has 0 spiro atoms. The Labute approximate surface area is 814 Å². The molecule has 20 aromatic rings. The van der Waals surface area contributed by atoms with Crippen LogP contribution in [0.1, 0.15) is 140 Å². The molecular weight excluding hydrogens is 1790 g/mol. The Bertz CT molecular complexity index is 7690. The highest BCUT2D eigenvalue weighted by Gasteiger charge is 2.20. The Balaban J connectivity index is 0.000000124. The van der Waals surface area contributed by atoms with Crippen molar-refractivity contribution in [1.29, 1.82) is 0 Å².